The number of ether oxygens (including phenoxy) is 1. The number of nitrogens with one attached hydrogen (secondary N) is 1. The van der Waals surface area contributed by atoms with E-state index < -0.39 is 30.8 Å². The first-order valence-corrected chi connectivity index (χ1v) is 6.58. The summed E-state index contributed by atoms with van der Waals surface area (Å²) in [5.74, 6) is -1.68. The van der Waals surface area contributed by atoms with Gasteiger partial charge in [-0.15, -0.1) is 0 Å². The lowest BCUT2D eigenvalue weighted by atomic mass is 10.1. The Hall–Kier alpha value is -1.45. The lowest BCUT2D eigenvalue weighted by Crippen LogP contribution is -2.42. The number of carbonyl (C=O) groups is 2. The molecule has 0 aliphatic carbocycles. The maximum absolute atomic E-state index is 12.2. The Labute approximate surface area is 127 Å². The summed E-state index contributed by atoms with van der Waals surface area (Å²) in [5.41, 5.74) is 0.201. The molecule has 1 amide bonds. The molecule has 0 aliphatic heterocycles. The van der Waals surface area contributed by atoms with Crippen LogP contribution in [0.2, 0.25) is 0 Å². The number of carbonyl (C=O) groups excluding carboxylic acids is 1. The quantitative estimate of drug-likeness (QED) is 0.719. The third-order valence-electron chi connectivity index (χ3n) is 2.44. The average Bonchev–Trinajstić information content (AvgIpc) is 2.36. The Morgan fingerprint density at radius 1 is 1.45 bits per heavy atom. The van der Waals surface area contributed by atoms with Crippen LogP contribution in [0.3, 0.4) is 0 Å². The van der Waals surface area contributed by atoms with Crippen LogP contribution in [-0.4, -0.2) is 36.6 Å². The Kier molecular flexibility index (Phi) is 6.11. The van der Waals surface area contributed by atoms with E-state index >= 15 is 0 Å². The SMILES string of the molecule is COc1ccc(C(=O)NC(CC(F)F)C(=O)O)c(I)c1. The molecule has 0 spiro atoms. The van der Waals surface area contributed by atoms with Gasteiger partial charge in [0.05, 0.1) is 12.7 Å². The molecule has 0 aromatic heterocycles. The maximum Gasteiger partial charge on any atom is 0.326 e. The van der Waals surface area contributed by atoms with Gasteiger partial charge in [0.25, 0.3) is 5.91 Å². The van der Waals surface area contributed by atoms with Crippen molar-refractivity contribution in [2.45, 2.75) is 18.9 Å². The van der Waals surface area contributed by atoms with Gasteiger partial charge in [0.1, 0.15) is 11.8 Å². The fourth-order valence-corrected chi connectivity index (χ4v) is 2.17. The highest BCUT2D eigenvalue weighted by Crippen LogP contribution is 2.19. The summed E-state index contributed by atoms with van der Waals surface area (Å²) < 4.78 is 30.0. The number of carboxylic acid groups (broad SMARTS) is 1. The third kappa shape index (κ3) is 4.58. The highest BCUT2D eigenvalue weighted by molar-refractivity contribution is 14.1. The molecule has 0 heterocycles. The Balaban J connectivity index is 2.86. The number of hydrogen-bond donors (Lipinski definition) is 2. The zero-order chi connectivity index (χ0) is 15.3. The van der Waals surface area contributed by atoms with E-state index in [0.29, 0.717) is 9.32 Å². The second-order valence-electron chi connectivity index (χ2n) is 3.84. The van der Waals surface area contributed by atoms with Crippen molar-refractivity contribution in [2.75, 3.05) is 7.11 Å². The van der Waals surface area contributed by atoms with Crippen molar-refractivity contribution in [1.82, 2.24) is 5.32 Å². The van der Waals surface area contributed by atoms with E-state index in [4.69, 9.17) is 9.84 Å². The molecule has 0 aliphatic rings. The van der Waals surface area contributed by atoms with Crippen molar-refractivity contribution >= 4 is 34.5 Å². The van der Waals surface area contributed by atoms with Gasteiger partial charge < -0.3 is 15.2 Å². The summed E-state index contributed by atoms with van der Waals surface area (Å²) >= 11 is 1.88. The number of methoxy groups -OCH3 is 1. The van der Waals surface area contributed by atoms with Crippen LogP contribution < -0.4 is 10.1 Å². The topological polar surface area (TPSA) is 75.6 Å². The predicted octanol–water partition coefficient (Wildman–Crippen LogP) is 2.14. The molecule has 1 rings (SSSR count). The minimum absolute atomic E-state index is 0.201. The van der Waals surface area contributed by atoms with Crippen LogP contribution in [0.4, 0.5) is 8.78 Å². The van der Waals surface area contributed by atoms with E-state index in [1.54, 1.807) is 6.07 Å². The highest BCUT2D eigenvalue weighted by atomic mass is 127. The first-order valence-electron chi connectivity index (χ1n) is 5.50. The molecular weight excluding hydrogens is 387 g/mol. The minimum atomic E-state index is -2.81. The van der Waals surface area contributed by atoms with Gasteiger partial charge in [0.2, 0.25) is 6.43 Å². The zero-order valence-corrected chi connectivity index (χ0v) is 12.6. The molecule has 1 unspecified atom stereocenters. The van der Waals surface area contributed by atoms with E-state index in [2.05, 4.69) is 5.32 Å². The summed E-state index contributed by atoms with van der Waals surface area (Å²) in [4.78, 5) is 22.7. The molecule has 2 N–H and O–H groups in total. The van der Waals surface area contributed by atoms with Crippen molar-refractivity contribution in [1.29, 1.82) is 0 Å². The number of benzene rings is 1. The number of halogens is 3. The van der Waals surface area contributed by atoms with Gasteiger partial charge in [0.15, 0.2) is 0 Å². The molecule has 0 fully saturated rings. The third-order valence-corrected chi connectivity index (χ3v) is 3.33. The number of alkyl halides is 2. The summed E-state index contributed by atoms with van der Waals surface area (Å²) in [6.07, 6.45) is -3.75. The highest BCUT2D eigenvalue weighted by Gasteiger charge is 2.25. The van der Waals surface area contributed by atoms with Crippen molar-refractivity contribution in [2.24, 2.45) is 0 Å². The molecule has 1 atom stereocenters. The maximum atomic E-state index is 12.2. The van der Waals surface area contributed by atoms with Gasteiger partial charge in [-0.05, 0) is 40.8 Å². The Bertz CT molecular complexity index is 510. The van der Waals surface area contributed by atoms with Crippen LogP contribution in [0.15, 0.2) is 18.2 Å². The van der Waals surface area contributed by atoms with Crippen molar-refractivity contribution < 1.29 is 28.2 Å². The molecular formula is C12H12F2INO4. The molecule has 0 radical (unpaired) electrons. The molecule has 0 bridgehead atoms. The van der Waals surface area contributed by atoms with E-state index in [9.17, 15) is 18.4 Å². The molecule has 1 aromatic carbocycles. The van der Waals surface area contributed by atoms with Gasteiger partial charge in [-0.3, -0.25) is 4.79 Å². The van der Waals surface area contributed by atoms with E-state index in [1.807, 2.05) is 22.6 Å². The van der Waals surface area contributed by atoms with Crippen molar-refractivity contribution in [3.63, 3.8) is 0 Å². The van der Waals surface area contributed by atoms with Crippen LogP contribution in [0.1, 0.15) is 16.8 Å². The second-order valence-corrected chi connectivity index (χ2v) is 5.00. The van der Waals surface area contributed by atoms with Crippen LogP contribution >= 0.6 is 22.6 Å². The van der Waals surface area contributed by atoms with Gasteiger partial charge in [-0.25, -0.2) is 13.6 Å². The number of carboxylic acids is 1. The zero-order valence-electron chi connectivity index (χ0n) is 10.4. The minimum Gasteiger partial charge on any atom is -0.497 e. The van der Waals surface area contributed by atoms with Crippen LogP contribution in [0, 0.1) is 3.57 Å². The van der Waals surface area contributed by atoms with E-state index in [1.165, 1.54) is 19.2 Å². The number of hydrogen-bond acceptors (Lipinski definition) is 3. The van der Waals surface area contributed by atoms with Gasteiger partial charge in [-0.2, -0.15) is 0 Å². The smallest absolute Gasteiger partial charge is 0.326 e. The van der Waals surface area contributed by atoms with Crippen LogP contribution in [-0.2, 0) is 4.79 Å². The molecule has 5 nitrogen and oxygen atoms in total. The van der Waals surface area contributed by atoms with Gasteiger partial charge in [0, 0.05) is 9.99 Å². The first kappa shape index (κ1) is 16.6. The molecule has 0 saturated heterocycles. The fraction of sp³-hybridized carbons (Fsp3) is 0.333. The van der Waals surface area contributed by atoms with Crippen molar-refractivity contribution in [3.05, 3.63) is 27.3 Å². The fourth-order valence-electron chi connectivity index (χ4n) is 1.44. The second kappa shape index (κ2) is 7.36. The molecule has 1 aromatic rings. The molecule has 8 heteroatoms. The van der Waals surface area contributed by atoms with Gasteiger partial charge in [-0.1, -0.05) is 0 Å². The van der Waals surface area contributed by atoms with Crippen LogP contribution in [0.5, 0.6) is 5.75 Å². The summed E-state index contributed by atoms with van der Waals surface area (Å²) in [6, 6.07) is 2.93. The predicted molar refractivity (Wildman–Crippen MR) is 75.2 cm³/mol. The lowest BCUT2D eigenvalue weighted by molar-refractivity contribution is -0.140. The summed E-state index contributed by atoms with van der Waals surface area (Å²) in [7, 11) is 1.47. The summed E-state index contributed by atoms with van der Waals surface area (Å²) in [5, 5.41) is 10.9. The monoisotopic (exact) mass is 399 g/mol. The molecule has 20 heavy (non-hydrogen) atoms. The Morgan fingerprint density at radius 2 is 2.10 bits per heavy atom. The van der Waals surface area contributed by atoms with Crippen LogP contribution in [0.25, 0.3) is 0 Å². The van der Waals surface area contributed by atoms with Crippen molar-refractivity contribution in [3.8, 4) is 5.75 Å². The molecule has 0 saturated carbocycles. The lowest BCUT2D eigenvalue weighted by Gasteiger charge is -2.15. The average molecular weight is 399 g/mol. The standard InChI is InChI=1S/C12H12F2INO4/c1-20-6-2-3-7(8(15)4-6)11(17)16-9(12(18)19)5-10(13)14/h2-4,9-10H,5H2,1H3,(H,16,17)(H,18,19). The first-order chi connectivity index (χ1) is 9.35. The number of amides is 1. The van der Waals surface area contributed by atoms with E-state index in [-0.39, 0.29) is 5.56 Å². The number of rotatable bonds is 6. The summed E-state index contributed by atoms with van der Waals surface area (Å²) in [6.45, 7) is 0. The van der Waals surface area contributed by atoms with Gasteiger partial charge >= 0.3 is 5.97 Å². The normalized spacial score (nSPS) is 12.1. The largest absolute Gasteiger partial charge is 0.497 e. The number of aliphatic carboxylic acids is 1. The Morgan fingerprint density at radius 3 is 2.55 bits per heavy atom. The van der Waals surface area contributed by atoms with E-state index in [0.717, 1.165) is 0 Å². The molecule has 110 valence electrons.